The van der Waals surface area contributed by atoms with E-state index in [9.17, 15) is 32.7 Å². The number of carboxylic acids is 1. The standard InChI is InChI=1S/C14H12BrClF3NO4/c15-7-8-3-1-2-4-10(8)20(13(24)14(17,18)19)9(5-11(16)21)6-12(22)23/h1-4,9H,5-7H2,(H,22,23)/p-1. The molecule has 24 heavy (non-hydrogen) atoms. The third-order valence-electron chi connectivity index (χ3n) is 3.02. The van der Waals surface area contributed by atoms with Gasteiger partial charge in [-0.25, -0.2) is 0 Å². The maximum absolute atomic E-state index is 13.0. The van der Waals surface area contributed by atoms with Crippen molar-refractivity contribution in [1.82, 2.24) is 0 Å². The number of alkyl halides is 4. The molecule has 0 aromatic heterocycles. The lowest BCUT2D eigenvalue weighted by atomic mass is 10.1. The first-order valence-corrected chi connectivity index (χ1v) is 8.00. The van der Waals surface area contributed by atoms with E-state index in [0.29, 0.717) is 5.56 Å². The van der Waals surface area contributed by atoms with Crippen LogP contribution in [0.4, 0.5) is 18.9 Å². The summed E-state index contributed by atoms with van der Waals surface area (Å²) in [4.78, 5) is 34.1. The Balaban J connectivity index is 3.47. The molecule has 0 aliphatic carbocycles. The second kappa shape index (κ2) is 8.48. The summed E-state index contributed by atoms with van der Waals surface area (Å²) in [6.45, 7) is 0. The molecule has 10 heteroatoms. The maximum atomic E-state index is 13.0. The minimum atomic E-state index is -5.26. The zero-order valence-electron chi connectivity index (χ0n) is 12.0. The van der Waals surface area contributed by atoms with E-state index >= 15 is 0 Å². The van der Waals surface area contributed by atoms with E-state index in [4.69, 9.17) is 11.6 Å². The molecule has 1 atom stereocenters. The molecule has 0 bridgehead atoms. The number of rotatable bonds is 7. The molecule has 0 aliphatic heterocycles. The molecule has 0 fully saturated rings. The fourth-order valence-corrected chi connectivity index (χ4v) is 2.75. The van der Waals surface area contributed by atoms with Crippen LogP contribution in [0.15, 0.2) is 24.3 Å². The average Bonchev–Trinajstić information content (AvgIpc) is 2.45. The SMILES string of the molecule is O=C([O-])CC(CC(=O)Cl)N(C(=O)C(F)(F)F)c1ccccc1CBr. The molecule has 5 nitrogen and oxygen atoms in total. The van der Waals surface area contributed by atoms with Crippen molar-refractivity contribution in [2.75, 3.05) is 4.90 Å². The number of nitrogens with zero attached hydrogens (tertiary/aromatic N) is 1. The molecular formula is C14H11BrClF3NO4-. The predicted octanol–water partition coefficient (Wildman–Crippen LogP) is 2.14. The highest BCUT2D eigenvalue weighted by molar-refractivity contribution is 9.08. The lowest BCUT2D eigenvalue weighted by molar-refractivity contribution is -0.306. The lowest BCUT2D eigenvalue weighted by Crippen LogP contribution is -2.50. The number of amides is 1. The second-order valence-electron chi connectivity index (χ2n) is 4.72. The highest BCUT2D eigenvalue weighted by Crippen LogP contribution is 2.31. The Morgan fingerprint density at radius 2 is 1.79 bits per heavy atom. The van der Waals surface area contributed by atoms with Gasteiger partial charge in [0.05, 0.1) is 6.04 Å². The first-order chi connectivity index (χ1) is 11.1. The van der Waals surface area contributed by atoms with Gasteiger partial charge in [0.2, 0.25) is 5.24 Å². The van der Waals surface area contributed by atoms with Gasteiger partial charge in [-0.1, -0.05) is 34.1 Å². The second-order valence-corrected chi connectivity index (χ2v) is 5.71. The van der Waals surface area contributed by atoms with Crippen LogP contribution in [0.25, 0.3) is 0 Å². The molecule has 0 saturated carbocycles. The zero-order valence-corrected chi connectivity index (χ0v) is 14.3. The van der Waals surface area contributed by atoms with Crippen LogP contribution in [0.3, 0.4) is 0 Å². The first-order valence-electron chi connectivity index (χ1n) is 6.50. The maximum Gasteiger partial charge on any atom is 0.471 e. The van der Waals surface area contributed by atoms with E-state index in [-0.39, 0.29) is 15.9 Å². The van der Waals surface area contributed by atoms with Crippen molar-refractivity contribution in [3.05, 3.63) is 29.8 Å². The molecule has 1 unspecified atom stereocenters. The smallest absolute Gasteiger partial charge is 0.471 e. The summed E-state index contributed by atoms with van der Waals surface area (Å²) in [5.74, 6) is -4.01. The van der Waals surface area contributed by atoms with Crippen LogP contribution in [0, 0.1) is 0 Å². The van der Waals surface area contributed by atoms with E-state index in [1.165, 1.54) is 24.3 Å². The van der Waals surface area contributed by atoms with E-state index in [0.717, 1.165) is 0 Å². The van der Waals surface area contributed by atoms with E-state index < -0.39 is 42.2 Å². The van der Waals surface area contributed by atoms with Crippen LogP contribution < -0.4 is 10.0 Å². The Morgan fingerprint density at radius 3 is 2.25 bits per heavy atom. The molecule has 0 N–H and O–H groups in total. The van der Waals surface area contributed by atoms with Gasteiger partial charge in [-0.05, 0) is 23.2 Å². The molecule has 0 aliphatic rings. The molecule has 0 heterocycles. The largest absolute Gasteiger partial charge is 0.550 e. The van der Waals surface area contributed by atoms with Crippen molar-refractivity contribution in [3.63, 3.8) is 0 Å². The zero-order chi connectivity index (χ0) is 18.5. The number of carbonyl (C=O) groups excluding carboxylic acids is 3. The topological polar surface area (TPSA) is 77.5 Å². The van der Waals surface area contributed by atoms with Crippen molar-refractivity contribution in [2.24, 2.45) is 0 Å². The van der Waals surface area contributed by atoms with Gasteiger partial charge in [0.1, 0.15) is 0 Å². The van der Waals surface area contributed by atoms with E-state index in [2.05, 4.69) is 15.9 Å². The number of anilines is 1. The number of benzene rings is 1. The molecule has 0 spiro atoms. The summed E-state index contributed by atoms with van der Waals surface area (Å²) in [5, 5.41) is 9.90. The van der Waals surface area contributed by atoms with Gasteiger partial charge >= 0.3 is 12.1 Å². The molecule has 1 aromatic rings. The van der Waals surface area contributed by atoms with Crippen molar-refractivity contribution in [2.45, 2.75) is 30.4 Å². The number of carbonyl (C=O) groups is 3. The van der Waals surface area contributed by atoms with Crippen LogP contribution in [0.2, 0.25) is 0 Å². The quantitative estimate of drug-likeness (QED) is 0.491. The van der Waals surface area contributed by atoms with Crippen LogP contribution in [0.1, 0.15) is 18.4 Å². The normalized spacial score (nSPS) is 12.5. The van der Waals surface area contributed by atoms with Gasteiger partial charge in [0.15, 0.2) is 0 Å². The molecule has 132 valence electrons. The summed E-state index contributed by atoms with van der Waals surface area (Å²) < 4.78 is 38.9. The lowest BCUT2D eigenvalue weighted by Gasteiger charge is -2.33. The Morgan fingerprint density at radius 1 is 1.21 bits per heavy atom. The highest BCUT2D eigenvalue weighted by atomic mass is 79.9. The molecular weight excluding hydrogens is 419 g/mol. The number of aliphatic carboxylic acids is 1. The first kappa shape index (κ1) is 20.4. The Labute approximate surface area is 148 Å². The number of carboxylic acid groups (broad SMARTS) is 1. The van der Waals surface area contributed by atoms with Crippen molar-refractivity contribution >= 4 is 50.3 Å². The molecule has 0 saturated heterocycles. The minimum Gasteiger partial charge on any atom is -0.550 e. The third kappa shape index (κ3) is 5.48. The fourth-order valence-electron chi connectivity index (χ4n) is 2.10. The van der Waals surface area contributed by atoms with Crippen LogP contribution in [0.5, 0.6) is 0 Å². The Bertz CT molecular complexity index is 623. The van der Waals surface area contributed by atoms with Gasteiger partial charge in [-0.3, -0.25) is 9.59 Å². The van der Waals surface area contributed by atoms with Crippen LogP contribution in [-0.2, 0) is 19.7 Å². The minimum absolute atomic E-state index is 0.109. The van der Waals surface area contributed by atoms with Gasteiger partial charge in [0, 0.05) is 29.8 Å². The van der Waals surface area contributed by atoms with Gasteiger partial charge in [-0.15, -0.1) is 0 Å². The van der Waals surface area contributed by atoms with Gasteiger partial charge in [0.25, 0.3) is 0 Å². The van der Waals surface area contributed by atoms with Gasteiger partial charge < -0.3 is 14.8 Å². The predicted molar refractivity (Wildman–Crippen MR) is 81.5 cm³/mol. The molecule has 0 radical (unpaired) electrons. The number of hydrogen-bond acceptors (Lipinski definition) is 4. The highest BCUT2D eigenvalue weighted by Gasteiger charge is 2.46. The number of hydrogen-bond donors (Lipinski definition) is 0. The summed E-state index contributed by atoms with van der Waals surface area (Å²) in [6, 6.07) is 3.97. The fraction of sp³-hybridized carbons (Fsp3) is 0.357. The molecule has 1 amide bonds. The van der Waals surface area contributed by atoms with E-state index in [1.807, 2.05) is 0 Å². The third-order valence-corrected chi connectivity index (χ3v) is 3.78. The summed E-state index contributed by atoms with van der Waals surface area (Å²) in [7, 11) is 0. The van der Waals surface area contributed by atoms with Gasteiger partial charge in [-0.2, -0.15) is 13.2 Å². The average molecular weight is 430 g/mol. The van der Waals surface area contributed by atoms with Crippen molar-refractivity contribution < 1.29 is 32.7 Å². The summed E-state index contributed by atoms with van der Waals surface area (Å²) >= 11 is 8.29. The number of halogens is 5. The van der Waals surface area contributed by atoms with Crippen LogP contribution >= 0.6 is 27.5 Å². The van der Waals surface area contributed by atoms with E-state index in [1.54, 1.807) is 0 Å². The van der Waals surface area contributed by atoms with Crippen molar-refractivity contribution in [3.8, 4) is 0 Å². The summed E-state index contributed by atoms with van der Waals surface area (Å²) in [6.07, 6.45) is -7.01. The monoisotopic (exact) mass is 428 g/mol. The Kier molecular flexibility index (Phi) is 7.22. The molecule has 1 rings (SSSR count). The van der Waals surface area contributed by atoms with Crippen molar-refractivity contribution in [1.29, 1.82) is 0 Å². The van der Waals surface area contributed by atoms with Crippen LogP contribution in [-0.4, -0.2) is 29.3 Å². The Hall–Kier alpha value is -1.61. The summed E-state index contributed by atoms with van der Waals surface area (Å²) in [5.41, 5.74) is 0.140. The number of para-hydroxylation sites is 1. The molecule has 1 aromatic carbocycles.